The fourth-order valence-corrected chi connectivity index (χ4v) is 1.67. The highest BCUT2D eigenvalue weighted by Gasteiger charge is 2.05. The summed E-state index contributed by atoms with van der Waals surface area (Å²) in [6.07, 6.45) is 5.87. The van der Waals surface area contributed by atoms with E-state index < -0.39 is 4.92 Å². The molecule has 0 spiro atoms. The molecule has 0 unspecified atom stereocenters. The normalized spacial score (nSPS) is 10.9. The van der Waals surface area contributed by atoms with Crippen LogP contribution in [0.3, 0.4) is 0 Å². The van der Waals surface area contributed by atoms with Gasteiger partial charge in [-0.3, -0.25) is 10.1 Å². The molecule has 0 aliphatic rings. The fourth-order valence-electron chi connectivity index (χ4n) is 1.67. The largest absolute Gasteiger partial charge is 0.317 e. The van der Waals surface area contributed by atoms with Crippen molar-refractivity contribution < 1.29 is 4.92 Å². The molecule has 1 aromatic carbocycles. The zero-order valence-electron chi connectivity index (χ0n) is 9.41. The monoisotopic (exact) mass is 228 g/mol. The van der Waals surface area contributed by atoms with Gasteiger partial charge in [0.1, 0.15) is 0 Å². The molecular formula is C13H12N2O2. The number of hydrogen-bond acceptors (Lipinski definition) is 2. The second-order valence-electron chi connectivity index (χ2n) is 3.58. The molecule has 1 aromatic heterocycles. The van der Waals surface area contributed by atoms with Gasteiger partial charge < -0.3 is 4.57 Å². The lowest BCUT2D eigenvalue weighted by atomic mass is 10.2. The van der Waals surface area contributed by atoms with Crippen molar-refractivity contribution in [1.82, 2.24) is 4.57 Å². The summed E-state index contributed by atoms with van der Waals surface area (Å²) in [6, 6.07) is 10.4. The number of aromatic nitrogens is 1. The van der Waals surface area contributed by atoms with Crippen LogP contribution in [-0.4, -0.2) is 9.49 Å². The molecule has 0 amide bonds. The molecule has 0 atom stereocenters. The van der Waals surface area contributed by atoms with Crippen molar-refractivity contribution in [3.05, 3.63) is 64.5 Å². The second-order valence-corrected chi connectivity index (χ2v) is 3.58. The third-order valence-corrected chi connectivity index (χ3v) is 2.46. The lowest BCUT2D eigenvalue weighted by Gasteiger charge is -2.05. The van der Waals surface area contributed by atoms with Crippen LogP contribution < -0.4 is 0 Å². The quantitative estimate of drug-likeness (QED) is 0.597. The van der Waals surface area contributed by atoms with Crippen molar-refractivity contribution in [3.63, 3.8) is 0 Å². The summed E-state index contributed by atoms with van der Waals surface area (Å²) in [5.74, 6) is 0. The lowest BCUT2D eigenvalue weighted by molar-refractivity contribution is -0.384. The van der Waals surface area contributed by atoms with E-state index in [0.29, 0.717) is 0 Å². The van der Waals surface area contributed by atoms with Gasteiger partial charge in [-0.05, 0) is 37.3 Å². The molecule has 0 aliphatic heterocycles. The van der Waals surface area contributed by atoms with E-state index in [4.69, 9.17) is 0 Å². The summed E-state index contributed by atoms with van der Waals surface area (Å²) in [5.41, 5.74) is 2.06. The van der Waals surface area contributed by atoms with Crippen LogP contribution in [0, 0.1) is 10.1 Å². The lowest BCUT2D eigenvalue weighted by Crippen LogP contribution is -1.95. The summed E-state index contributed by atoms with van der Waals surface area (Å²) in [6.45, 7) is 1.95. The SMILES string of the molecule is C/C=C/c1cccn1-c1ccc([N+](=O)[O-])cc1. The molecular weight excluding hydrogens is 216 g/mol. The third kappa shape index (κ3) is 2.25. The topological polar surface area (TPSA) is 48.1 Å². The zero-order chi connectivity index (χ0) is 12.3. The van der Waals surface area contributed by atoms with Crippen molar-refractivity contribution >= 4 is 11.8 Å². The van der Waals surface area contributed by atoms with Crippen LogP contribution in [0.5, 0.6) is 0 Å². The molecule has 0 fully saturated rings. The number of nitro groups is 1. The van der Waals surface area contributed by atoms with Gasteiger partial charge in [0.25, 0.3) is 5.69 Å². The minimum absolute atomic E-state index is 0.105. The number of benzene rings is 1. The number of allylic oxidation sites excluding steroid dienone is 1. The summed E-state index contributed by atoms with van der Waals surface area (Å²) in [5, 5.41) is 10.6. The van der Waals surface area contributed by atoms with Crippen LogP contribution in [-0.2, 0) is 0 Å². The highest BCUT2D eigenvalue weighted by Crippen LogP contribution is 2.18. The van der Waals surface area contributed by atoms with Crippen LogP contribution in [0.25, 0.3) is 11.8 Å². The Morgan fingerprint density at radius 1 is 1.24 bits per heavy atom. The molecule has 17 heavy (non-hydrogen) atoms. The number of hydrogen-bond donors (Lipinski definition) is 0. The van der Waals surface area contributed by atoms with Gasteiger partial charge in [0.05, 0.1) is 4.92 Å². The van der Waals surface area contributed by atoms with Gasteiger partial charge in [-0.15, -0.1) is 0 Å². The van der Waals surface area contributed by atoms with Crippen LogP contribution in [0.4, 0.5) is 5.69 Å². The smallest absolute Gasteiger partial charge is 0.269 e. The van der Waals surface area contributed by atoms with Crippen molar-refractivity contribution in [3.8, 4) is 5.69 Å². The first-order valence-corrected chi connectivity index (χ1v) is 5.27. The third-order valence-electron chi connectivity index (χ3n) is 2.46. The first-order chi connectivity index (χ1) is 8.22. The van der Waals surface area contributed by atoms with Crippen LogP contribution in [0.15, 0.2) is 48.7 Å². The molecule has 4 nitrogen and oxygen atoms in total. The summed E-state index contributed by atoms with van der Waals surface area (Å²) >= 11 is 0. The van der Waals surface area contributed by atoms with E-state index in [2.05, 4.69) is 0 Å². The number of nitrogens with zero attached hydrogens (tertiary/aromatic N) is 2. The molecule has 86 valence electrons. The predicted molar refractivity (Wildman–Crippen MR) is 67.1 cm³/mol. The minimum atomic E-state index is -0.397. The van der Waals surface area contributed by atoms with E-state index in [1.54, 1.807) is 12.1 Å². The number of rotatable bonds is 3. The van der Waals surface area contributed by atoms with E-state index in [0.717, 1.165) is 11.4 Å². The van der Waals surface area contributed by atoms with Crippen molar-refractivity contribution in [2.24, 2.45) is 0 Å². The molecule has 2 aromatic rings. The Hall–Kier alpha value is -2.36. The minimum Gasteiger partial charge on any atom is -0.317 e. The van der Waals surface area contributed by atoms with E-state index in [1.165, 1.54) is 12.1 Å². The summed E-state index contributed by atoms with van der Waals surface area (Å²) in [7, 11) is 0. The van der Waals surface area contributed by atoms with Crippen molar-refractivity contribution in [2.45, 2.75) is 6.92 Å². The van der Waals surface area contributed by atoms with E-state index in [9.17, 15) is 10.1 Å². The molecule has 0 radical (unpaired) electrons. The highest BCUT2D eigenvalue weighted by atomic mass is 16.6. The van der Waals surface area contributed by atoms with Gasteiger partial charge in [0, 0.05) is 29.7 Å². The first-order valence-electron chi connectivity index (χ1n) is 5.27. The van der Waals surface area contributed by atoms with Crippen LogP contribution >= 0.6 is 0 Å². The standard InChI is InChI=1S/C13H12N2O2/c1-2-4-11-5-3-10-14(11)12-6-8-13(9-7-12)15(16)17/h2-10H,1H3/b4-2+. The Bertz CT molecular complexity index is 553. The molecule has 4 heteroatoms. The second kappa shape index (κ2) is 4.65. The maximum absolute atomic E-state index is 10.6. The van der Waals surface area contributed by atoms with Gasteiger partial charge >= 0.3 is 0 Å². The van der Waals surface area contributed by atoms with Crippen molar-refractivity contribution in [1.29, 1.82) is 0 Å². The summed E-state index contributed by atoms with van der Waals surface area (Å²) < 4.78 is 1.98. The molecule has 0 N–H and O–H groups in total. The molecule has 1 heterocycles. The average Bonchev–Trinajstić information content (AvgIpc) is 2.78. The predicted octanol–water partition coefficient (Wildman–Crippen LogP) is 3.42. The Labute approximate surface area is 99.0 Å². The van der Waals surface area contributed by atoms with Crippen molar-refractivity contribution in [2.75, 3.05) is 0 Å². The van der Waals surface area contributed by atoms with Gasteiger partial charge in [-0.25, -0.2) is 0 Å². The van der Waals surface area contributed by atoms with Crippen LogP contribution in [0.2, 0.25) is 0 Å². The highest BCUT2D eigenvalue weighted by molar-refractivity contribution is 5.51. The Kier molecular flexibility index (Phi) is 3.05. The number of nitro benzene ring substituents is 1. The summed E-state index contributed by atoms with van der Waals surface area (Å²) in [4.78, 5) is 10.2. The maximum atomic E-state index is 10.6. The van der Waals surface area contributed by atoms with E-state index in [-0.39, 0.29) is 5.69 Å². The molecule has 2 rings (SSSR count). The fraction of sp³-hybridized carbons (Fsp3) is 0.0769. The van der Waals surface area contributed by atoms with E-state index in [1.807, 2.05) is 42.0 Å². The molecule has 0 saturated heterocycles. The maximum Gasteiger partial charge on any atom is 0.269 e. The molecule has 0 aliphatic carbocycles. The van der Waals surface area contributed by atoms with E-state index >= 15 is 0 Å². The number of non-ortho nitro benzene ring substituents is 1. The van der Waals surface area contributed by atoms with Gasteiger partial charge in [0.15, 0.2) is 0 Å². The van der Waals surface area contributed by atoms with Gasteiger partial charge in [-0.2, -0.15) is 0 Å². The van der Waals surface area contributed by atoms with Gasteiger partial charge in [0.2, 0.25) is 0 Å². The Balaban J connectivity index is 2.39. The van der Waals surface area contributed by atoms with Crippen LogP contribution in [0.1, 0.15) is 12.6 Å². The first kappa shape index (κ1) is 11.1. The zero-order valence-corrected chi connectivity index (χ0v) is 9.41. The molecule has 0 saturated carbocycles. The van der Waals surface area contributed by atoms with Gasteiger partial charge in [-0.1, -0.05) is 6.08 Å². The average molecular weight is 228 g/mol. The Morgan fingerprint density at radius 2 is 1.94 bits per heavy atom. The Morgan fingerprint density at radius 3 is 2.53 bits per heavy atom. The molecule has 0 bridgehead atoms.